The van der Waals surface area contributed by atoms with Crippen LogP contribution in [0.5, 0.6) is 0 Å². The Balaban J connectivity index is 2.90. The highest BCUT2D eigenvalue weighted by atomic mass is 35.5. The molecule has 18 heavy (non-hydrogen) atoms. The molecule has 0 aliphatic heterocycles. The normalized spacial score (nSPS) is 15.1. The number of aromatic nitrogens is 2. The Morgan fingerprint density at radius 3 is 2.61 bits per heavy atom. The number of hydrogen-bond donors (Lipinski definition) is 1. The van der Waals surface area contributed by atoms with Gasteiger partial charge in [-0.25, -0.2) is 0 Å². The van der Waals surface area contributed by atoms with Crippen LogP contribution in [0.4, 0.5) is 0 Å². The zero-order chi connectivity index (χ0) is 13.7. The molecular weight excluding hydrogens is 250 g/mol. The summed E-state index contributed by atoms with van der Waals surface area (Å²) < 4.78 is 7.18. The van der Waals surface area contributed by atoms with Gasteiger partial charge in [0, 0.05) is 19.8 Å². The third-order valence-electron chi connectivity index (χ3n) is 3.04. The molecule has 0 saturated heterocycles. The van der Waals surface area contributed by atoms with Gasteiger partial charge in [-0.3, -0.25) is 4.68 Å². The molecule has 5 heteroatoms. The minimum Gasteiger partial charge on any atom is -0.384 e. The molecule has 0 bridgehead atoms. The molecular formula is C13H24ClN3O. The van der Waals surface area contributed by atoms with Gasteiger partial charge in [-0.15, -0.1) is 0 Å². The summed E-state index contributed by atoms with van der Waals surface area (Å²) in [5, 5.41) is 8.41. The Morgan fingerprint density at radius 1 is 1.44 bits per heavy atom. The van der Waals surface area contributed by atoms with E-state index in [1.807, 2.05) is 11.7 Å². The Morgan fingerprint density at radius 2 is 2.11 bits per heavy atom. The van der Waals surface area contributed by atoms with E-state index >= 15 is 0 Å². The van der Waals surface area contributed by atoms with Gasteiger partial charge in [0.2, 0.25) is 0 Å². The van der Waals surface area contributed by atoms with Crippen molar-refractivity contribution in [1.29, 1.82) is 0 Å². The highest BCUT2D eigenvalue weighted by Gasteiger charge is 2.22. The molecule has 0 aromatic carbocycles. The van der Waals surface area contributed by atoms with Gasteiger partial charge in [0.15, 0.2) is 0 Å². The molecule has 1 N–H and O–H groups in total. The molecule has 0 amide bonds. The van der Waals surface area contributed by atoms with Crippen molar-refractivity contribution in [3.8, 4) is 0 Å². The average molecular weight is 274 g/mol. The van der Waals surface area contributed by atoms with Crippen molar-refractivity contribution in [2.24, 2.45) is 5.92 Å². The Labute approximate surface area is 115 Å². The molecule has 1 rings (SSSR count). The standard InChI is InChI=1S/C13H24ClN3O/c1-9(2)17-13(11(14)7-16-17)12(15-4)6-10(3)8-18-5/h7,9-10,12,15H,6,8H2,1-5H3. The number of ether oxygens (including phenoxy) is 1. The molecule has 0 spiro atoms. The first-order valence-electron chi connectivity index (χ1n) is 6.40. The van der Waals surface area contributed by atoms with Crippen LogP contribution < -0.4 is 5.32 Å². The van der Waals surface area contributed by atoms with Crippen LogP contribution in [0.1, 0.15) is 45.0 Å². The number of rotatable bonds is 7. The van der Waals surface area contributed by atoms with Gasteiger partial charge < -0.3 is 10.1 Å². The van der Waals surface area contributed by atoms with E-state index in [9.17, 15) is 0 Å². The number of halogens is 1. The minimum absolute atomic E-state index is 0.201. The van der Waals surface area contributed by atoms with Crippen LogP contribution in [0, 0.1) is 5.92 Å². The van der Waals surface area contributed by atoms with Crippen LogP contribution in [-0.2, 0) is 4.74 Å². The summed E-state index contributed by atoms with van der Waals surface area (Å²) in [4.78, 5) is 0. The fourth-order valence-corrected chi connectivity index (χ4v) is 2.47. The summed E-state index contributed by atoms with van der Waals surface area (Å²) in [7, 11) is 3.69. The zero-order valence-corrected chi connectivity index (χ0v) is 12.7. The van der Waals surface area contributed by atoms with Gasteiger partial charge >= 0.3 is 0 Å². The van der Waals surface area contributed by atoms with E-state index in [4.69, 9.17) is 16.3 Å². The third-order valence-corrected chi connectivity index (χ3v) is 3.34. The first-order chi connectivity index (χ1) is 8.51. The molecule has 0 saturated carbocycles. The molecule has 0 fully saturated rings. The minimum atomic E-state index is 0.201. The predicted molar refractivity (Wildman–Crippen MR) is 75.1 cm³/mol. The van der Waals surface area contributed by atoms with Gasteiger partial charge in [-0.1, -0.05) is 18.5 Å². The van der Waals surface area contributed by atoms with Crippen molar-refractivity contribution in [2.45, 2.75) is 39.3 Å². The molecule has 0 aliphatic rings. The lowest BCUT2D eigenvalue weighted by atomic mass is 10.00. The van der Waals surface area contributed by atoms with E-state index in [0.717, 1.165) is 23.7 Å². The van der Waals surface area contributed by atoms with Crippen LogP contribution in [0.2, 0.25) is 5.02 Å². The Bertz CT molecular complexity index is 365. The van der Waals surface area contributed by atoms with Gasteiger partial charge in [0.05, 0.1) is 23.0 Å². The monoisotopic (exact) mass is 273 g/mol. The number of methoxy groups -OCH3 is 1. The van der Waals surface area contributed by atoms with E-state index in [1.54, 1.807) is 13.3 Å². The smallest absolute Gasteiger partial charge is 0.0834 e. The van der Waals surface area contributed by atoms with Crippen LogP contribution in [0.15, 0.2) is 6.20 Å². The Hall–Kier alpha value is -0.580. The second-order valence-electron chi connectivity index (χ2n) is 5.05. The number of nitrogens with zero attached hydrogens (tertiary/aromatic N) is 2. The van der Waals surface area contributed by atoms with Gasteiger partial charge in [0.1, 0.15) is 0 Å². The second-order valence-corrected chi connectivity index (χ2v) is 5.46. The topological polar surface area (TPSA) is 39.1 Å². The molecule has 2 unspecified atom stereocenters. The van der Waals surface area contributed by atoms with E-state index in [0.29, 0.717) is 12.0 Å². The van der Waals surface area contributed by atoms with Crippen LogP contribution in [0.3, 0.4) is 0 Å². The molecule has 0 radical (unpaired) electrons. The summed E-state index contributed by atoms with van der Waals surface area (Å²) in [6, 6.07) is 0.508. The molecule has 1 aromatic heterocycles. The molecule has 104 valence electrons. The molecule has 4 nitrogen and oxygen atoms in total. The summed E-state index contributed by atoms with van der Waals surface area (Å²) in [6.07, 6.45) is 2.70. The predicted octanol–water partition coefficient (Wildman–Crippen LogP) is 3.05. The second kappa shape index (κ2) is 7.12. The molecule has 2 atom stereocenters. The molecule has 1 aromatic rings. The largest absolute Gasteiger partial charge is 0.384 e. The summed E-state index contributed by atoms with van der Waals surface area (Å²) in [5.41, 5.74) is 1.07. The lowest BCUT2D eigenvalue weighted by molar-refractivity contribution is 0.149. The maximum atomic E-state index is 6.27. The average Bonchev–Trinajstić information content (AvgIpc) is 2.68. The van der Waals surface area contributed by atoms with Crippen molar-refractivity contribution >= 4 is 11.6 Å². The Kier molecular flexibility index (Phi) is 6.12. The zero-order valence-electron chi connectivity index (χ0n) is 11.9. The maximum Gasteiger partial charge on any atom is 0.0834 e. The molecule has 1 heterocycles. The molecule has 0 aliphatic carbocycles. The maximum absolute atomic E-state index is 6.27. The van der Waals surface area contributed by atoms with Crippen molar-refractivity contribution in [2.75, 3.05) is 20.8 Å². The van der Waals surface area contributed by atoms with Gasteiger partial charge in [-0.05, 0) is 33.2 Å². The third kappa shape index (κ3) is 3.70. The van der Waals surface area contributed by atoms with Crippen molar-refractivity contribution in [3.63, 3.8) is 0 Å². The van der Waals surface area contributed by atoms with Crippen LogP contribution in [0.25, 0.3) is 0 Å². The van der Waals surface area contributed by atoms with Gasteiger partial charge in [-0.2, -0.15) is 5.10 Å². The summed E-state index contributed by atoms with van der Waals surface area (Å²) in [5.74, 6) is 0.471. The lowest BCUT2D eigenvalue weighted by Crippen LogP contribution is -2.24. The quantitative estimate of drug-likeness (QED) is 0.830. The van der Waals surface area contributed by atoms with Crippen molar-refractivity contribution < 1.29 is 4.74 Å². The fourth-order valence-electron chi connectivity index (χ4n) is 2.21. The van der Waals surface area contributed by atoms with E-state index in [1.165, 1.54) is 0 Å². The van der Waals surface area contributed by atoms with E-state index in [2.05, 4.69) is 31.2 Å². The van der Waals surface area contributed by atoms with Crippen LogP contribution >= 0.6 is 11.6 Å². The van der Waals surface area contributed by atoms with E-state index < -0.39 is 0 Å². The highest BCUT2D eigenvalue weighted by molar-refractivity contribution is 6.31. The number of nitrogens with one attached hydrogen (secondary N) is 1. The first kappa shape index (κ1) is 15.5. The van der Waals surface area contributed by atoms with Crippen molar-refractivity contribution in [1.82, 2.24) is 15.1 Å². The summed E-state index contributed by atoms with van der Waals surface area (Å²) >= 11 is 6.27. The lowest BCUT2D eigenvalue weighted by Gasteiger charge is -2.23. The van der Waals surface area contributed by atoms with Crippen LogP contribution in [-0.4, -0.2) is 30.5 Å². The van der Waals surface area contributed by atoms with Gasteiger partial charge in [0.25, 0.3) is 0 Å². The number of hydrogen-bond acceptors (Lipinski definition) is 3. The first-order valence-corrected chi connectivity index (χ1v) is 6.78. The highest BCUT2D eigenvalue weighted by Crippen LogP contribution is 2.29. The van der Waals surface area contributed by atoms with E-state index in [-0.39, 0.29) is 6.04 Å². The summed E-state index contributed by atoms with van der Waals surface area (Å²) in [6.45, 7) is 7.15. The SMILES string of the molecule is CNC(CC(C)COC)c1c(Cl)cnn1C(C)C. The fraction of sp³-hybridized carbons (Fsp3) is 0.769. The van der Waals surface area contributed by atoms with Crippen molar-refractivity contribution in [3.05, 3.63) is 16.9 Å².